The van der Waals surface area contributed by atoms with Gasteiger partial charge in [0.15, 0.2) is 17.3 Å². The number of aromatic nitrogens is 4. The summed E-state index contributed by atoms with van der Waals surface area (Å²) in [5.74, 6) is 3.45. The Kier molecular flexibility index (Phi) is 5.02. The molecule has 0 amide bonds. The normalized spacial score (nSPS) is 12.2. The lowest BCUT2D eigenvalue weighted by Gasteiger charge is -2.14. The van der Waals surface area contributed by atoms with Crippen molar-refractivity contribution in [3.8, 4) is 22.9 Å². The van der Waals surface area contributed by atoms with Crippen molar-refractivity contribution in [3.05, 3.63) is 42.3 Å². The fourth-order valence-corrected chi connectivity index (χ4v) is 2.63. The smallest absolute Gasteiger partial charge is 0.249 e. The van der Waals surface area contributed by atoms with Gasteiger partial charge in [0.1, 0.15) is 11.9 Å². The molecule has 0 aliphatic heterocycles. The average Bonchev–Trinajstić information content (AvgIpc) is 3.30. The van der Waals surface area contributed by atoms with E-state index in [0.717, 1.165) is 17.8 Å². The number of rotatable bonds is 7. The van der Waals surface area contributed by atoms with Crippen LogP contribution in [0.5, 0.6) is 11.5 Å². The van der Waals surface area contributed by atoms with Gasteiger partial charge in [-0.15, -0.1) is 0 Å². The Labute approximate surface area is 146 Å². The van der Waals surface area contributed by atoms with Crippen LogP contribution in [0.3, 0.4) is 0 Å². The van der Waals surface area contributed by atoms with Crippen molar-refractivity contribution in [2.24, 2.45) is 0 Å². The van der Waals surface area contributed by atoms with Crippen molar-refractivity contribution in [2.75, 3.05) is 13.7 Å². The molecule has 0 saturated heterocycles. The summed E-state index contributed by atoms with van der Waals surface area (Å²) in [4.78, 5) is 8.92. The van der Waals surface area contributed by atoms with Gasteiger partial charge in [-0.3, -0.25) is 0 Å². The molecule has 2 aromatic heterocycles. The fourth-order valence-electron chi connectivity index (χ4n) is 2.63. The average molecular weight is 342 g/mol. The second kappa shape index (κ2) is 7.38. The van der Waals surface area contributed by atoms with Gasteiger partial charge in [-0.1, -0.05) is 12.1 Å². The highest BCUT2D eigenvalue weighted by molar-refractivity contribution is 5.61. The Bertz CT molecular complexity index is 840. The van der Waals surface area contributed by atoms with Gasteiger partial charge in [0.25, 0.3) is 0 Å². The van der Waals surface area contributed by atoms with Gasteiger partial charge in [0.05, 0.1) is 13.7 Å². The zero-order valence-electron chi connectivity index (χ0n) is 14.9. The quantitative estimate of drug-likeness (QED) is 0.654. The van der Waals surface area contributed by atoms with Crippen LogP contribution < -0.4 is 9.47 Å². The molecular formula is C18H22N4O3. The Morgan fingerprint density at radius 3 is 2.76 bits per heavy atom. The lowest BCUT2D eigenvalue weighted by molar-refractivity contribution is 0.311. The molecule has 7 nitrogen and oxygen atoms in total. The first-order valence-corrected chi connectivity index (χ1v) is 8.34. The van der Waals surface area contributed by atoms with E-state index in [1.165, 1.54) is 0 Å². The minimum absolute atomic E-state index is 0.122. The van der Waals surface area contributed by atoms with Crippen LogP contribution in [0.4, 0.5) is 0 Å². The number of aryl methyl sites for hydroxylation is 1. The fraction of sp³-hybridized carbons (Fsp3) is 0.389. The molecule has 0 aliphatic carbocycles. The van der Waals surface area contributed by atoms with Gasteiger partial charge in [-0.2, -0.15) is 4.98 Å². The maximum Gasteiger partial charge on any atom is 0.249 e. The number of nitrogens with zero attached hydrogens (tertiary/aromatic N) is 4. The van der Waals surface area contributed by atoms with E-state index in [-0.39, 0.29) is 6.04 Å². The molecular weight excluding hydrogens is 320 g/mol. The van der Waals surface area contributed by atoms with E-state index in [9.17, 15) is 0 Å². The first-order chi connectivity index (χ1) is 12.2. The molecule has 0 unspecified atom stereocenters. The first kappa shape index (κ1) is 17.0. The van der Waals surface area contributed by atoms with E-state index in [0.29, 0.717) is 29.8 Å². The van der Waals surface area contributed by atoms with Crippen LogP contribution in [0, 0.1) is 0 Å². The van der Waals surface area contributed by atoms with Crippen LogP contribution in [-0.2, 0) is 6.42 Å². The van der Waals surface area contributed by atoms with Crippen LogP contribution in [-0.4, -0.2) is 33.4 Å². The van der Waals surface area contributed by atoms with Crippen molar-refractivity contribution >= 4 is 0 Å². The van der Waals surface area contributed by atoms with Crippen molar-refractivity contribution in [1.82, 2.24) is 19.7 Å². The third kappa shape index (κ3) is 3.35. The number of imidazole rings is 1. The van der Waals surface area contributed by atoms with Crippen LogP contribution in [0.2, 0.25) is 0 Å². The van der Waals surface area contributed by atoms with Crippen LogP contribution in [0.15, 0.2) is 35.1 Å². The molecule has 3 aromatic rings. The molecule has 3 rings (SSSR count). The standard InChI is InChI=1S/C18H22N4O3/c1-5-16-20-18(25-21-16)12(3)22-10-9-19-17(22)13-7-8-14(23-4)15(11-13)24-6-2/h7-12H,5-6H2,1-4H3/t12-/m0/s1. The maximum atomic E-state index is 5.67. The van der Waals surface area contributed by atoms with E-state index >= 15 is 0 Å². The molecule has 1 aromatic carbocycles. The molecule has 0 saturated carbocycles. The van der Waals surface area contributed by atoms with Gasteiger partial charge in [-0.25, -0.2) is 4.98 Å². The molecule has 2 heterocycles. The first-order valence-electron chi connectivity index (χ1n) is 8.34. The van der Waals surface area contributed by atoms with E-state index in [1.807, 2.05) is 49.7 Å². The van der Waals surface area contributed by atoms with Crippen molar-refractivity contribution in [3.63, 3.8) is 0 Å². The highest BCUT2D eigenvalue weighted by Gasteiger charge is 2.20. The highest BCUT2D eigenvalue weighted by Crippen LogP contribution is 2.33. The number of hydrogen-bond acceptors (Lipinski definition) is 6. The minimum Gasteiger partial charge on any atom is -0.493 e. The maximum absolute atomic E-state index is 5.67. The van der Waals surface area contributed by atoms with E-state index in [1.54, 1.807) is 13.3 Å². The summed E-state index contributed by atoms with van der Waals surface area (Å²) in [5, 5.41) is 3.97. The molecule has 0 N–H and O–H groups in total. The van der Waals surface area contributed by atoms with Gasteiger partial charge in [0, 0.05) is 24.4 Å². The summed E-state index contributed by atoms with van der Waals surface area (Å²) < 4.78 is 18.4. The molecule has 0 spiro atoms. The lowest BCUT2D eigenvalue weighted by atomic mass is 10.1. The molecule has 1 atom stereocenters. The summed E-state index contributed by atoms with van der Waals surface area (Å²) in [6.45, 7) is 6.50. The van der Waals surface area contributed by atoms with Gasteiger partial charge in [-0.05, 0) is 32.0 Å². The van der Waals surface area contributed by atoms with E-state index in [4.69, 9.17) is 14.0 Å². The third-order valence-corrected chi connectivity index (χ3v) is 3.96. The SMILES string of the molecule is CCOc1cc(-c2nccn2[C@@H](C)c2nc(CC)no2)ccc1OC. The van der Waals surface area contributed by atoms with Gasteiger partial charge >= 0.3 is 0 Å². The summed E-state index contributed by atoms with van der Waals surface area (Å²) >= 11 is 0. The third-order valence-electron chi connectivity index (χ3n) is 3.96. The number of benzene rings is 1. The van der Waals surface area contributed by atoms with Crippen LogP contribution in [0.1, 0.15) is 38.5 Å². The van der Waals surface area contributed by atoms with Crippen molar-refractivity contribution < 1.29 is 14.0 Å². The summed E-state index contributed by atoms with van der Waals surface area (Å²) in [6, 6.07) is 5.64. The predicted molar refractivity (Wildman–Crippen MR) is 92.9 cm³/mol. The summed E-state index contributed by atoms with van der Waals surface area (Å²) in [6.07, 6.45) is 4.40. The lowest BCUT2D eigenvalue weighted by Crippen LogP contribution is -2.08. The highest BCUT2D eigenvalue weighted by atomic mass is 16.5. The number of ether oxygens (including phenoxy) is 2. The van der Waals surface area contributed by atoms with E-state index < -0.39 is 0 Å². The van der Waals surface area contributed by atoms with E-state index in [2.05, 4.69) is 15.1 Å². The predicted octanol–water partition coefficient (Wildman–Crippen LogP) is 3.51. The molecule has 25 heavy (non-hydrogen) atoms. The van der Waals surface area contributed by atoms with Crippen molar-refractivity contribution in [2.45, 2.75) is 33.2 Å². The van der Waals surface area contributed by atoms with Crippen LogP contribution in [0.25, 0.3) is 11.4 Å². The van der Waals surface area contributed by atoms with Gasteiger partial charge < -0.3 is 18.6 Å². The van der Waals surface area contributed by atoms with Gasteiger partial charge in [0.2, 0.25) is 5.89 Å². The Balaban J connectivity index is 1.97. The Morgan fingerprint density at radius 1 is 1.24 bits per heavy atom. The molecule has 0 fully saturated rings. The van der Waals surface area contributed by atoms with Crippen LogP contribution >= 0.6 is 0 Å². The zero-order valence-corrected chi connectivity index (χ0v) is 14.9. The molecule has 7 heteroatoms. The Hall–Kier alpha value is -2.83. The second-order valence-electron chi connectivity index (χ2n) is 5.54. The number of hydrogen-bond donors (Lipinski definition) is 0. The Morgan fingerprint density at radius 2 is 2.08 bits per heavy atom. The number of methoxy groups -OCH3 is 1. The largest absolute Gasteiger partial charge is 0.493 e. The zero-order chi connectivity index (χ0) is 17.8. The minimum atomic E-state index is -0.122. The summed E-state index contributed by atoms with van der Waals surface area (Å²) in [5.41, 5.74) is 0.927. The monoisotopic (exact) mass is 342 g/mol. The molecule has 0 aliphatic rings. The molecule has 0 bridgehead atoms. The van der Waals surface area contributed by atoms with Crippen molar-refractivity contribution in [1.29, 1.82) is 0 Å². The second-order valence-corrected chi connectivity index (χ2v) is 5.54. The molecule has 132 valence electrons. The molecule has 0 radical (unpaired) electrons. The summed E-state index contributed by atoms with van der Waals surface area (Å²) in [7, 11) is 1.63. The topological polar surface area (TPSA) is 75.2 Å².